The van der Waals surface area contributed by atoms with Gasteiger partial charge >= 0.3 is 0 Å². The normalized spacial score (nSPS) is 13.2. The van der Waals surface area contributed by atoms with Crippen molar-refractivity contribution < 1.29 is 0 Å². The Labute approximate surface area is 110 Å². The summed E-state index contributed by atoms with van der Waals surface area (Å²) in [5, 5.41) is 7.02. The maximum Gasteiger partial charge on any atom is 0.0931 e. The van der Waals surface area contributed by atoms with Crippen molar-refractivity contribution in [2.24, 2.45) is 11.8 Å². The number of nitrogens with zero attached hydrogens (tertiary/aromatic N) is 1. The van der Waals surface area contributed by atoms with Gasteiger partial charge in [0.1, 0.15) is 0 Å². The van der Waals surface area contributed by atoms with Gasteiger partial charge in [-0.15, -0.1) is 11.3 Å². The lowest BCUT2D eigenvalue weighted by Gasteiger charge is -2.16. The molecule has 0 saturated heterocycles. The molecule has 0 radical (unpaired) electrons. The molecule has 0 spiro atoms. The lowest BCUT2D eigenvalue weighted by molar-refractivity contribution is 0.420. The second kappa shape index (κ2) is 7.83. The highest BCUT2D eigenvalue weighted by atomic mass is 32.1. The Morgan fingerprint density at radius 3 is 2.65 bits per heavy atom. The highest BCUT2D eigenvalue weighted by Crippen LogP contribution is 2.17. The maximum atomic E-state index is 4.57. The largest absolute Gasteiger partial charge is 0.316 e. The number of thiazole rings is 1. The van der Waals surface area contributed by atoms with E-state index in [-0.39, 0.29) is 0 Å². The summed E-state index contributed by atoms with van der Waals surface area (Å²) in [6.45, 7) is 11.1. The van der Waals surface area contributed by atoms with E-state index in [4.69, 9.17) is 0 Å². The first-order valence-electron chi connectivity index (χ1n) is 6.73. The summed E-state index contributed by atoms with van der Waals surface area (Å²) in [6, 6.07) is 0. The van der Waals surface area contributed by atoms with Gasteiger partial charge in [0, 0.05) is 17.5 Å². The fourth-order valence-electron chi connectivity index (χ4n) is 2.00. The van der Waals surface area contributed by atoms with Crippen LogP contribution in [0.1, 0.15) is 44.3 Å². The predicted molar refractivity (Wildman–Crippen MR) is 76.7 cm³/mol. The van der Waals surface area contributed by atoms with Crippen molar-refractivity contribution in [1.82, 2.24) is 10.3 Å². The molecule has 0 aliphatic rings. The van der Waals surface area contributed by atoms with Crippen molar-refractivity contribution in [3.63, 3.8) is 0 Å². The van der Waals surface area contributed by atoms with Crippen molar-refractivity contribution in [3.8, 4) is 0 Å². The molecule has 1 heterocycles. The van der Waals surface area contributed by atoms with Gasteiger partial charge in [-0.2, -0.15) is 0 Å². The van der Waals surface area contributed by atoms with Gasteiger partial charge in [0.2, 0.25) is 0 Å². The predicted octanol–water partition coefficient (Wildman–Crippen LogP) is 3.66. The second-order valence-electron chi connectivity index (χ2n) is 5.29. The Morgan fingerprint density at radius 2 is 2.12 bits per heavy atom. The third kappa shape index (κ3) is 6.18. The molecule has 0 bridgehead atoms. The summed E-state index contributed by atoms with van der Waals surface area (Å²) in [4.78, 5) is 4.57. The zero-order valence-electron chi connectivity index (χ0n) is 11.6. The van der Waals surface area contributed by atoms with Crippen LogP contribution in [0.2, 0.25) is 0 Å². The Hall–Kier alpha value is -0.410. The van der Waals surface area contributed by atoms with Crippen molar-refractivity contribution in [1.29, 1.82) is 0 Å². The monoisotopic (exact) mass is 254 g/mol. The van der Waals surface area contributed by atoms with E-state index in [9.17, 15) is 0 Å². The Kier molecular flexibility index (Phi) is 6.75. The third-order valence-electron chi connectivity index (χ3n) is 2.81. The zero-order chi connectivity index (χ0) is 12.7. The SMILES string of the molecule is CCCC(CNCC(C)C)Cc1nc(C)cs1. The van der Waals surface area contributed by atoms with Gasteiger partial charge < -0.3 is 5.32 Å². The van der Waals surface area contributed by atoms with Crippen LogP contribution in [0.25, 0.3) is 0 Å². The number of hydrogen-bond acceptors (Lipinski definition) is 3. The van der Waals surface area contributed by atoms with Crippen LogP contribution in [0.4, 0.5) is 0 Å². The molecule has 0 fully saturated rings. The van der Waals surface area contributed by atoms with E-state index in [1.165, 1.54) is 17.8 Å². The summed E-state index contributed by atoms with van der Waals surface area (Å²) in [5.74, 6) is 1.48. The van der Waals surface area contributed by atoms with E-state index >= 15 is 0 Å². The molecule has 3 heteroatoms. The second-order valence-corrected chi connectivity index (χ2v) is 6.24. The van der Waals surface area contributed by atoms with Crippen LogP contribution in [-0.4, -0.2) is 18.1 Å². The first-order valence-corrected chi connectivity index (χ1v) is 7.61. The fraction of sp³-hybridized carbons (Fsp3) is 0.786. The molecular weight excluding hydrogens is 228 g/mol. The van der Waals surface area contributed by atoms with Crippen LogP contribution in [0.3, 0.4) is 0 Å². The highest BCUT2D eigenvalue weighted by Gasteiger charge is 2.11. The molecule has 1 rings (SSSR count). The van der Waals surface area contributed by atoms with Gasteiger partial charge in [-0.3, -0.25) is 0 Å². The molecule has 1 unspecified atom stereocenters. The molecular formula is C14H26N2S. The molecule has 0 amide bonds. The van der Waals surface area contributed by atoms with Crippen molar-refractivity contribution in [2.75, 3.05) is 13.1 Å². The topological polar surface area (TPSA) is 24.9 Å². The van der Waals surface area contributed by atoms with Crippen LogP contribution in [0.5, 0.6) is 0 Å². The average molecular weight is 254 g/mol. The summed E-state index contributed by atoms with van der Waals surface area (Å²) in [7, 11) is 0. The van der Waals surface area contributed by atoms with Crippen LogP contribution >= 0.6 is 11.3 Å². The van der Waals surface area contributed by atoms with Crippen LogP contribution in [0.15, 0.2) is 5.38 Å². The molecule has 1 atom stereocenters. The fourth-order valence-corrected chi connectivity index (χ4v) is 2.89. The van der Waals surface area contributed by atoms with E-state index in [0.717, 1.165) is 37.0 Å². The molecule has 98 valence electrons. The van der Waals surface area contributed by atoms with E-state index in [2.05, 4.69) is 43.4 Å². The van der Waals surface area contributed by atoms with Crippen LogP contribution in [-0.2, 0) is 6.42 Å². The molecule has 1 aromatic rings. The van der Waals surface area contributed by atoms with Crippen molar-refractivity contribution >= 4 is 11.3 Å². The average Bonchev–Trinajstić information content (AvgIpc) is 2.63. The maximum absolute atomic E-state index is 4.57. The minimum absolute atomic E-state index is 0.736. The molecule has 17 heavy (non-hydrogen) atoms. The van der Waals surface area contributed by atoms with Crippen molar-refractivity contribution in [2.45, 2.75) is 47.0 Å². The number of nitrogens with one attached hydrogen (secondary N) is 1. The minimum atomic E-state index is 0.736. The Bertz CT molecular complexity index is 307. The molecule has 0 saturated carbocycles. The van der Waals surface area contributed by atoms with Crippen molar-refractivity contribution in [3.05, 3.63) is 16.1 Å². The summed E-state index contributed by atoms with van der Waals surface area (Å²) >= 11 is 1.80. The smallest absolute Gasteiger partial charge is 0.0931 e. The van der Waals surface area contributed by atoms with Gasteiger partial charge in [-0.1, -0.05) is 27.2 Å². The molecule has 2 nitrogen and oxygen atoms in total. The Balaban J connectivity index is 2.37. The van der Waals surface area contributed by atoms with Gasteiger partial charge in [0.25, 0.3) is 0 Å². The zero-order valence-corrected chi connectivity index (χ0v) is 12.4. The standard InChI is InChI=1S/C14H26N2S/c1-5-6-13(9-15-8-11(2)3)7-14-16-12(4)10-17-14/h10-11,13,15H,5-9H2,1-4H3. The lowest BCUT2D eigenvalue weighted by atomic mass is 10.00. The lowest BCUT2D eigenvalue weighted by Crippen LogP contribution is -2.27. The first kappa shape index (κ1) is 14.7. The van der Waals surface area contributed by atoms with E-state index in [0.29, 0.717) is 0 Å². The highest BCUT2D eigenvalue weighted by molar-refractivity contribution is 7.09. The number of aryl methyl sites for hydroxylation is 1. The van der Waals surface area contributed by atoms with Gasteiger partial charge in [-0.25, -0.2) is 4.98 Å². The molecule has 0 aromatic carbocycles. The quantitative estimate of drug-likeness (QED) is 0.766. The Morgan fingerprint density at radius 1 is 1.35 bits per heavy atom. The summed E-state index contributed by atoms with van der Waals surface area (Å²) < 4.78 is 0. The van der Waals surface area contributed by atoms with E-state index < -0.39 is 0 Å². The van der Waals surface area contributed by atoms with Gasteiger partial charge in [0.05, 0.1) is 5.01 Å². The first-order chi connectivity index (χ1) is 8.11. The van der Waals surface area contributed by atoms with Gasteiger partial charge in [0.15, 0.2) is 0 Å². The van der Waals surface area contributed by atoms with E-state index in [1.807, 2.05) is 0 Å². The number of rotatable bonds is 8. The summed E-state index contributed by atoms with van der Waals surface area (Å²) in [6.07, 6.45) is 3.69. The van der Waals surface area contributed by atoms with Gasteiger partial charge in [-0.05, 0) is 38.3 Å². The summed E-state index contributed by atoms with van der Waals surface area (Å²) in [5.41, 5.74) is 1.16. The molecule has 0 aliphatic carbocycles. The molecule has 1 aromatic heterocycles. The number of aromatic nitrogens is 1. The molecule has 0 aliphatic heterocycles. The minimum Gasteiger partial charge on any atom is -0.316 e. The van der Waals surface area contributed by atoms with Crippen LogP contribution < -0.4 is 5.32 Å². The molecule has 1 N–H and O–H groups in total. The third-order valence-corrected chi connectivity index (χ3v) is 3.80. The van der Waals surface area contributed by atoms with E-state index in [1.54, 1.807) is 11.3 Å². The van der Waals surface area contributed by atoms with Crippen LogP contribution in [0, 0.1) is 18.8 Å². The number of hydrogen-bond donors (Lipinski definition) is 1.